The molecule has 20 heavy (non-hydrogen) atoms. The van der Waals surface area contributed by atoms with E-state index in [0.717, 1.165) is 44.7 Å². The number of nitrogens with one attached hydrogen (secondary N) is 1. The molecule has 0 unspecified atom stereocenters. The Kier molecular flexibility index (Phi) is 5.59. The van der Waals surface area contributed by atoms with Crippen molar-refractivity contribution in [1.29, 1.82) is 0 Å². The summed E-state index contributed by atoms with van der Waals surface area (Å²) in [7, 11) is 0. The van der Waals surface area contributed by atoms with Gasteiger partial charge >= 0.3 is 0 Å². The van der Waals surface area contributed by atoms with E-state index in [2.05, 4.69) is 28.7 Å². The summed E-state index contributed by atoms with van der Waals surface area (Å²) < 4.78 is 2.08. The van der Waals surface area contributed by atoms with Gasteiger partial charge in [-0.05, 0) is 19.3 Å². The summed E-state index contributed by atoms with van der Waals surface area (Å²) in [5, 5.41) is 3.38. The highest BCUT2D eigenvalue weighted by molar-refractivity contribution is 5.76. The van der Waals surface area contributed by atoms with E-state index in [0.29, 0.717) is 12.5 Å². The molecule has 0 aliphatic carbocycles. The van der Waals surface area contributed by atoms with Crippen molar-refractivity contribution < 1.29 is 4.79 Å². The van der Waals surface area contributed by atoms with E-state index in [4.69, 9.17) is 0 Å². The van der Waals surface area contributed by atoms with Crippen LogP contribution in [0, 0.1) is 0 Å². The number of carbonyl (C=O) groups excluding carboxylic acids is 1. The van der Waals surface area contributed by atoms with Crippen LogP contribution in [0.4, 0.5) is 0 Å². The van der Waals surface area contributed by atoms with E-state index >= 15 is 0 Å². The lowest BCUT2D eigenvalue weighted by Gasteiger charge is -2.26. The van der Waals surface area contributed by atoms with Gasteiger partial charge in [-0.25, -0.2) is 4.98 Å². The van der Waals surface area contributed by atoms with Crippen LogP contribution >= 0.6 is 0 Å². The Hall–Kier alpha value is -1.36. The Morgan fingerprint density at radius 2 is 2.10 bits per heavy atom. The second kappa shape index (κ2) is 7.43. The fourth-order valence-corrected chi connectivity index (χ4v) is 2.52. The first-order valence-electron chi connectivity index (χ1n) is 7.67. The molecule has 1 aliphatic rings. The van der Waals surface area contributed by atoms with Crippen LogP contribution in [0.3, 0.4) is 0 Å². The number of nitrogens with zero attached hydrogens (tertiary/aromatic N) is 3. The highest BCUT2D eigenvalue weighted by Gasteiger charge is 2.16. The number of piperidine rings is 1. The first-order valence-corrected chi connectivity index (χ1v) is 7.67. The SMILES string of the molecule is CC(C)NCc1cncn1CCC(=O)N1CCCCC1. The molecule has 1 aromatic heterocycles. The smallest absolute Gasteiger partial charge is 0.224 e. The molecule has 1 aliphatic heterocycles. The monoisotopic (exact) mass is 278 g/mol. The van der Waals surface area contributed by atoms with Gasteiger partial charge in [0.15, 0.2) is 0 Å². The van der Waals surface area contributed by atoms with Gasteiger partial charge in [0.25, 0.3) is 0 Å². The van der Waals surface area contributed by atoms with Crippen molar-refractivity contribution in [3.05, 3.63) is 18.2 Å². The topological polar surface area (TPSA) is 50.2 Å². The van der Waals surface area contributed by atoms with E-state index in [-0.39, 0.29) is 5.91 Å². The zero-order valence-electron chi connectivity index (χ0n) is 12.6. The quantitative estimate of drug-likeness (QED) is 0.863. The molecular weight excluding hydrogens is 252 g/mol. The summed E-state index contributed by atoms with van der Waals surface area (Å²) in [4.78, 5) is 18.3. The standard InChI is InChI=1S/C15H26N4O/c1-13(2)17-11-14-10-16-12-19(14)9-6-15(20)18-7-4-3-5-8-18/h10,12-13,17H,3-9,11H2,1-2H3. The van der Waals surface area contributed by atoms with Crippen LogP contribution in [0.5, 0.6) is 0 Å². The Labute approximate surface area is 121 Å². The van der Waals surface area contributed by atoms with Crippen molar-refractivity contribution >= 4 is 5.91 Å². The maximum absolute atomic E-state index is 12.1. The largest absolute Gasteiger partial charge is 0.343 e. The van der Waals surface area contributed by atoms with E-state index in [9.17, 15) is 4.79 Å². The van der Waals surface area contributed by atoms with Crippen molar-refractivity contribution in [1.82, 2.24) is 19.8 Å². The number of rotatable bonds is 6. The van der Waals surface area contributed by atoms with Gasteiger partial charge in [0.2, 0.25) is 5.91 Å². The van der Waals surface area contributed by atoms with Gasteiger partial charge in [-0.3, -0.25) is 4.79 Å². The van der Waals surface area contributed by atoms with Crippen molar-refractivity contribution in [3.63, 3.8) is 0 Å². The Morgan fingerprint density at radius 1 is 1.35 bits per heavy atom. The Balaban J connectivity index is 1.81. The molecule has 1 saturated heterocycles. The number of imidazole rings is 1. The number of likely N-dealkylation sites (tertiary alicyclic amines) is 1. The van der Waals surface area contributed by atoms with Crippen molar-refractivity contribution in [2.75, 3.05) is 13.1 Å². The van der Waals surface area contributed by atoms with E-state index in [1.807, 2.05) is 17.4 Å². The molecule has 0 bridgehead atoms. The van der Waals surface area contributed by atoms with Gasteiger partial charge in [-0.2, -0.15) is 0 Å². The maximum atomic E-state index is 12.1. The third kappa shape index (κ3) is 4.34. The molecule has 0 aromatic carbocycles. The fraction of sp³-hybridized carbons (Fsp3) is 0.733. The molecule has 5 nitrogen and oxygen atoms in total. The van der Waals surface area contributed by atoms with Gasteiger partial charge in [-0.1, -0.05) is 13.8 Å². The third-order valence-electron chi connectivity index (χ3n) is 3.77. The van der Waals surface area contributed by atoms with Crippen molar-refractivity contribution in [2.45, 2.75) is 58.7 Å². The number of hydrogen-bond donors (Lipinski definition) is 1. The molecule has 5 heteroatoms. The first kappa shape index (κ1) is 15.0. The number of aryl methyl sites for hydroxylation is 1. The van der Waals surface area contributed by atoms with Crippen LogP contribution in [-0.4, -0.2) is 39.5 Å². The van der Waals surface area contributed by atoms with Crippen LogP contribution in [0.2, 0.25) is 0 Å². The summed E-state index contributed by atoms with van der Waals surface area (Å²) in [5.41, 5.74) is 1.14. The van der Waals surface area contributed by atoms with Gasteiger partial charge in [-0.15, -0.1) is 0 Å². The lowest BCUT2D eigenvalue weighted by atomic mass is 10.1. The molecule has 0 atom stereocenters. The second-order valence-corrected chi connectivity index (χ2v) is 5.81. The van der Waals surface area contributed by atoms with Crippen molar-refractivity contribution in [2.24, 2.45) is 0 Å². The summed E-state index contributed by atoms with van der Waals surface area (Å²) in [5.74, 6) is 0.279. The third-order valence-corrected chi connectivity index (χ3v) is 3.77. The Morgan fingerprint density at radius 3 is 2.80 bits per heavy atom. The minimum atomic E-state index is 0.279. The molecular formula is C15H26N4O. The number of hydrogen-bond acceptors (Lipinski definition) is 3. The molecule has 2 heterocycles. The summed E-state index contributed by atoms with van der Waals surface area (Å²) in [6, 6.07) is 0.452. The van der Waals surface area contributed by atoms with Gasteiger partial charge < -0.3 is 14.8 Å². The lowest BCUT2D eigenvalue weighted by Crippen LogP contribution is -2.36. The van der Waals surface area contributed by atoms with E-state index in [1.165, 1.54) is 6.42 Å². The highest BCUT2D eigenvalue weighted by atomic mass is 16.2. The predicted molar refractivity (Wildman–Crippen MR) is 79.3 cm³/mol. The fourth-order valence-electron chi connectivity index (χ4n) is 2.52. The molecule has 1 N–H and O–H groups in total. The molecule has 0 radical (unpaired) electrons. The van der Waals surface area contributed by atoms with Gasteiger partial charge in [0.1, 0.15) is 0 Å². The minimum absolute atomic E-state index is 0.279. The molecule has 0 saturated carbocycles. The van der Waals surface area contributed by atoms with Crippen LogP contribution in [0.1, 0.15) is 45.2 Å². The number of aromatic nitrogens is 2. The van der Waals surface area contributed by atoms with Gasteiger partial charge in [0, 0.05) is 44.8 Å². The first-order chi connectivity index (χ1) is 9.66. The second-order valence-electron chi connectivity index (χ2n) is 5.81. The molecule has 1 amide bonds. The average molecular weight is 278 g/mol. The van der Waals surface area contributed by atoms with Gasteiger partial charge in [0.05, 0.1) is 12.0 Å². The number of amides is 1. The summed E-state index contributed by atoms with van der Waals surface area (Å²) in [6.45, 7) is 7.65. The van der Waals surface area contributed by atoms with Crippen molar-refractivity contribution in [3.8, 4) is 0 Å². The molecule has 0 spiro atoms. The van der Waals surface area contributed by atoms with Crippen LogP contribution in [0.25, 0.3) is 0 Å². The lowest BCUT2D eigenvalue weighted by molar-refractivity contribution is -0.132. The van der Waals surface area contributed by atoms with Crippen LogP contribution < -0.4 is 5.32 Å². The zero-order valence-corrected chi connectivity index (χ0v) is 12.6. The summed E-state index contributed by atoms with van der Waals surface area (Å²) >= 11 is 0. The normalized spacial score (nSPS) is 15.8. The minimum Gasteiger partial charge on any atom is -0.343 e. The van der Waals surface area contributed by atoms with E-state index < -0.39 is 0 Å². The summed E-state index contributed by atoms with van der Waals surface area (Å²) in [6.07, 6.45) is 7.84. The number of carbonyl (C=O) groups is 1. The average Bonchev–Trinajstić information content (AvgIpc) is 2.91. The van der Waals surface area contributed by atoms with Crippen LogP contribution in [-0.2, 0) is 17.9 Å². The predicted octanol–water partition coefficient (Wildman–Crippen LogP) is 1.78. The van der Waals surface area contributed by atoms with E-state index in [1.54, 1.807) is 0 Å². The molecule has 1 aromatic rings. The zero-order chi connectivity index (χ0) is 14.4. The molecule has 2 rings (SSSR count). The molecule has 1 fully saturated rings. The highest BCUT2D eigenvalue weighted by Crippen LogP contribution is 2.11. The Bertz CT molecular complexity index is 421. The maximum Gasteiger partial charge on any atom is 0.224 e. The molecule has 112 valence electrons. The van der Waals surface area contributed by atoms with Crippen LogP contribution in [0.15, 0.2) is 12.5 Å².